The molecule has 0 aliphatic carbocycles. The average Bonchev–Trinajstić information content (AvgIpc) is 3.24. The van der Waals surface area contributed by atoms with Crippen molar-refractivity contribution >= 4 is 22.5 Å². The summed E-state index contributed by atoms with van der Waals surface area (Å²) in [5, 5.41) is 8.13. The van der Waals surface area contributed by atoms with E-state index < -0.39 is 5.82 Å². The molecule has 0 radical (unpaired) electrons. The summed E-state index contributed by atoms with van der Waals surface area (Å²) in [7, 11) is 0. The third kappa shape index (κ3) is 4.43. The molecule has 5 rings (SSSR count). The number of fused-ring (bicyclic) bond motifs is 1. The molecule has 0 aliphatic rings. The van der Waals surface area contributed by atoms with Crippen LogP contribution in [0.1, 0.15) is 41.4 Å². The molecule has 1 amide bonds. The van der Waals surface area contributed by atoms with Gasteiger partial charge in [0.2, 0.25) is 0 Å². The molecule has 0 saturated carbocycles. The van der Waals surface area contributed by atoms with E-state index in [1.165, 1.54) is 17.7 Å². The fourth-order valence-corrected chi connectivity index (χ4v) is 4.19. The first kappa shape index (κ1) is 22.5. The van der Waals surface area contributed by atoms with Crippen LogP contribution >= 0.6 is 0 Å². The van der Waals surface area contributed by atoms with Crippen LogP contribution in [-0.4, -0.2) is 20.7 Å². The molecular formula is C29H25FN4O. The van der Waals surface area contributed by atoms with E-state index in [0.29, 0.717) is 28.4 Å². The number of halogens is 1. The first-order valence-electron chi connectivity index (χ1n) is 11.5. The van der Waals surface area contributed by atoms with Gasteiger partial charge in [0, 0.05) is 16.6 Å². The lowest BCUT2D eigenvalue weighted by Gasteiger charge is -2.11. The molecule has 174 valence electrons. The maximum absolute atomic E-state index is 13.6. The van der Waals surface area contributed by atoms with Gasteiger partial charge in [0.15, 0.2) is 0 Å². The van der Waals surface area contributed by atoms with E-state index >= 15 is 0 Å². The number of carbonyl (C=O) groups excluding carboxylic acids is 1. The zero-order chi connectivity index (χ0) is 24.5. The first-order chi connectivity index (χ1) is 16.9. The van der Waals surface area contributed by atoms with Crippen LogP contribution < -0.4 is 5.32 Å². The summed E-state index contributed by atoms with van der Waals surface area (Å²) in [4.78, 5) is 18.1. The second-order valence-electron chi connectivity index (χ2n) is 8.84. The normalized spacial score (nSPS) is 11.2. The van der Waals surface area contributed by atoms with Crippen molar-refractivity contribution in [2.24, 2.45) is 0 Å². The molecule has 5 nitrogen and oxygen atoms in total. The zero-order valence-electron chi connectivity index (χ0n) is 19.8. The Balaban J connectivity index is 1.56. The number of benzene rings is 3. The number of amides is 1. The Labute approximate surface area is 203 Å². The Bertz CT molecular complexity index is 1540. The quantitative estimate of drug-likeness (QED) is 0.307. The Morgan fingerprint density at radius 3 is 2.49 bits per heavy atom. The van der Waals surface area contributed by atoms with Gasteiger partial charge in [-0.05, 0) is 60.9 Å². The van der Waals surface area contributed by atoms with Crippen molar-refractivity contribution in [2.75, 3.05) is 5.32 Å². The number of nitrogens with zero attached hydrogens (tertiary/aromatic N) is 3. The Hall–Kier alpha value is -4.32. The Morgan fingerprint density at radius 1 is 0.971 bits per heavy atom. The number of nitrogens with one attached hydrogen (secondary N) is 1. The molecule has 0 bridgehead atoms. The fraction of sp³-hybridized carbons (Fsp3) is 0.138. The summed E-state index contributed by atoms with van der Waals surface area (Å²) in [6.07, 6.45) is 1.77. The summed E-state index contributed by atoms with van der Waals surface area (Å²) in [6.45, 7) is 6.32. The lowest BCUT2D eigenvalue weighted by atomic mass is 10.0. The summed E-state index contributed by atoms with van der Waals surface area (Å²) in [6, 6.07) is 23.5. The van der Waals surface area contributed by atoms with Crippen LogP contribution in [0.2, 0.25) is 0 Å². The zero-order valence-corrected chi connectivity index (χ0v) is 19.8. The van der Waals surface area contributed by atoms with E-state index in [-0.39, 0.29) is 5.91 Å². The maximum Gasteiger partial charge on any atom is 0.256 e. The van der Waals surface area contributed by atoms with E-state index in [2.05, 4.69) is 48.5 Å². The maximum atomic E-state index is 13.6. The lowest BCUT2D eigenvalue weighted by Crippen LogP contribution is -2.13. The Kier molecular flexibility index (Phi) is 5.87. The van der Waals surface area contributed by atoms with Gasteiger partial charge in [0.25, 0.3) is 5.91 Å². The molecule has 2 heterocycles. The smallest absolute Gasteiger partial charge is 0.256 e. The van der Waals surface area contributed by atoms with Crippen molar-refractivity contribution in [3.05, 3.63) is 108 Å². The minimum atomic E-state index is -0.410. The molecule has 6 heteroatoms. The number of carbonyl (C=O) groups is 1. The Morgan fingerprint density at radius 2 is 1.74 bits per heavy atom. The van der Waals surface area contributed by atoms with Crippen molar-refractivity contribution in [1.82, 2.24) is 14.8 Å². The fourth-order valence-electron chi connectivity index (χ4n) is 4.19. The van der Waals surface area contributed by atoms with Crippen LogP contribution in [0.25, 0.3) is 27.8 Å². The van der Waals surface area contributed by atoms with Gasteiger partial charge in [-0.15, -0.1) is 0 Å². The van der Waals surface area contributed by atoms with E-state index in [4.69, 9.17) is 4.98 Å². The summed E-state index contributed by atoms with van der Waals surface area (Å²) in [5.41, 5.74) is 6.19. The average molecular weight is 465 g/mol. The van der Waals surface area contributed by atoms with E-state index in [1.54, 1.807) is 24.4 Å². The standard InChI is InChI=1S/C29H25FN4O/c1-18(2)20-11-13-23(14-12-20)34-19(3)26(17-31-34)28-16-25(24-9-4-5-10-27(24)33-28)29(35)32-22-8-6-7-21(30)15-22/h4-18H,1-3H3,(H,32,35). The van der Waals surface area contributed by atoms with Crippen molar-refractivity contribution < 1.29 is 9.18 Å². The molecule has 0 saturated heterocycles. The number of anilines is 1. The molecule has 3 aromatic carbocycles. The van der Waals surface area contributed by atoms with Gasteiger partial charge in [-0.2, -0.15) is 5.10 Å². The lowest BCUT2D eigenvalue weighted by molar-refractivity contribution is 0.102. The van der Waals surface area contributed by atoms with Crippen LogP contribution in [0.3, 0.4) is 0 Å². The van der Waals surface area contributed by atoms with Gasteiger partial charge < -0.3 is 5.32 Å². The molecule has 2 aromatic heterocycles. The number of hydrogen-bond acceptors (Lipinski definition) is 3. The second-order valence-corrected chi connectivity index (χ2v) is 8.84. The van der Waals surface area contributed by atoms with Gasteiger partial charge in [-0.1, -0.05) is 50.2 Å². The predicted molar refractivity (Wildman–Crippen MR) is 137 cm³/mol. The molecule has 0 fully saturated rings. The highest BCUT2D eigenvalue weighted by Crippen LogP contribution is 2.29. The van der Waals surface area contributed by atoms with Crippen LogP contribution in [0.15, 0.2) is 85.1 Å². The van der Waals surface area contributed by atoms with Crippen molar-refractivity contribution in [2.45, 2.75) is 26.7 Å². The number of para-hydroxylation sites is 1. The molecule has 0 unspecified atom stereocenters. The molecule has 0 atom stereocenters. The van der Waals surface area contributed by atoms with Crippen LogP contribution in [0, 0.1) is 12.7 Å². The molecular weight excluding hydrogens is 439 g/mol. The SMILES string of the molecule is Cc1c(-c2cc(C(=O)Nc3cccc(F)c3)c3ccccc3n2)cnn1-c1ccc(C(C)C)cc1. The van der Waals surface area contributed by atoms with Gasteiger partial charge >= 0.3 is 0 Å². The number of hydrogen-bond donors (Lipinski definition) is 1. The van der Waals surface area contributed by atoms with Crippen molar-refractivity contribution in [1.29, 1.82) is 0 Å². The number of rotatable bonds is 5. The highest BCUT2D eigenvalue weighted by Gasteiger charge is 2.18. The third-order valence-corrected chi connectivity index (χ3v) is 6.13. The second kappa shape index (κ2) is 9.14. The highest BCUT2D eigenvalue weighted by molar-refractivity contribution is 6.13. The van der Waals surface area contributed by atoms with Crippen molar-refractivity contribution in [3.8, 4) is 16.9 Å². The summed E-state index contributed by atoms with van der Waals surface area (Å²) >= 11 is 0. The third-order valence-electron chi connectivity index (χ3n) is 6.13. The van der Waals surface area contributed by atoms with Crippen molar-refractivity contribution in [3.63, 3.8) is 0 Å². The highest BCUT2D eigenvalue weighted by atomic mass is 19.1. The summed E-state index contributed by atoms with van der Waals surface area (Å²) < 4.78 is 15.5. The van der Waals surface area contributed by atoms with E-state index in [0.717, 1.165) is 22.3 Å². The largest absolute Gasteiger partial charge is 0.322 e. The number of pyridine rings is 1. The molecule has 35 heavy (non-hydrogen) atoms. The first-order valence-corrected chi connectivity index (χ1v) is 11.5. The van der Waals surface area contributed by atoms with Gasteiger partial charge in [-0.3, -0.25) is 4.79 Å². The van der Waals surface area contributed by atoms with Crippen LogP contribution in [-0.2, 0) is 0 Å². The van der Waals surface area contributed by atoms with Gasteiger partial charge in [0.05, 0.1) is 34.4 Å². The van der Waals surface area contributed by atoms with Crippen LogP contribution in [0.4, 0.5) is 10.1 Å². The molecule has 5 aromatic rings. The summed E-state index contributed by atoms with van der Waals surface area (Å²) in [5.74, 6) is -0.283. The van der Waals surface area contributed by atoms with Crippen LogP contribution in [0.5, 0.6) is 0 Å². The minimum Gasteiger partial charge on any atom is -0.322 e. The molecule has 0 aliphatic heterocycles. The topological polar surface area (TPSA) is 59.8 Å². The molecule has 0 spiro atoms. The monoisotopic (exact) mass is 464 g/mol. The predicted octanol–water partition coefficient (Wildman–Crippen LogP) is 6.91. The van der Waals surface area contributed by atoms with Gasteiger partial charge in [0.1, 0.15) is 5.82 Å². The van der Waals surface area contributed by atoms with Gasteiger partial charge in [-0.25, -0.2) is 14.1 Å². The number of aromatic nitrogens is 3. The van der Waals surface area contributed by atoms with E-state index in [1.807, 2.05) is 35.9 Å². The molecule has 1 N–H and O–H groups in total. The minimum absolute atomic E-state index is 0.329. The van der Waals surface area contributed by atoms with E-state index in [9.17, 15) is 9.18 Å².